The molecule has 0 aliphatic heterocycles. The maximum absolute atomic E-state index is 13.6. The number of rotatable bonds is 4. The van der Waals surface area contributed by atoms with Crippen molar-refractivity contribution in [2.24, 2.45) is 5.84 Å². The van der Waals surface area contributed by atoms with Gasteiger partial charge in [0.2, 0.25) is 0 Å². The molecule has 8 heteroatoms. The second-order valence-electron chi connectivity index (χ2n) is 4.30. The monoisotopic (exact) mass is 331 g/mol. The van der Waals surface area contributed by atoms with Gasteiger partial charge in [-0.05, 0) is 31.2 Å². The number of thiophene rings is 1. The summed E-state index contributed by atoms with van der Waals surface area (Å²) in [4.78, 5) is 12.9. The zero-order valence-corrected chi connectivity index (χ0v) is 12.5. The van der Waals surface area contributed by atoms with Gasteiger partial charge in [0.05, 0.1) is 10.4 Å². The zero-order chi connectivity index (χ0) is 15.6. The van der Waals surface area contributed by atoms with E-state index in [1.165, 1.54) is 11.3 Å². The molecule has 4 N–H and O–H groups in total. The Hall–Kier alpha value is -1.70. The van der Waals surface area contributed by atoms with Gasteiger partial charge >= 0.3 is 0 Å². The molecule has 0 saturated carbocycles. The van der Waals surface area contributed by atoms with Gasteiger partial charge in [-0.25, -0.2) is 8.78 Å². The molecule has 1 unspecified atom stereocenters. The Morgan fingerprint density at radius 1 is 1.33 bits per heavy atom. The molecule has 0 spiro atoms. The molecule has 1 atom stereocenters. The normalized spacial score (nSPS) is 12.0. The maximum Gasteiger partial charge on any atom is 0.251 e. The van der Waals surface area contributed by atoms with Gasteiger partial charge in [-0.2, -0.15) is 0 Å². The van der Waals surface area contributed by atoms with Crippen LogP contribution in [0.15, 0.2) is 24.3 Å². The highest BCUT2D eigenvalue weighted by molar-refractivity contribution is 7.16. The summed E-state index contributed by atoms with van der Waals surface area (Å²) >= 11 is 7.14. The highest BCUT2D eigenvalue weighted by atomic mass is 35.5. The molecule has 21 heavy (non-hydrogen) atoms. The number of nitrogens with one attached hydrogen (secondary N) is 2. The van der Waals surface area contributed by atoms with Crippen LogP contribution in [0.4, 0.5) is 14.5 Å². The summed E-state index contributed by atoms with van der Waals surface area (Å²) in [7, 11) is 0. The molecular weight excluding hydrogens is 320 g/mol. The second-order valence-corrected chi connectivity index (χ2v) is 6.04. The lowest BCUT2D eigenvalue weighted by molar-refractivity contribution is 0.0939. The van der Waals surface area contributed by atoms with Crippen molar-refractivity contribution in [3.63, 3.8) is 0 Å². The third-order valence-corrected chi connectivity index (χ3v) is 4.23. The van der Waals surface area contributed by atoms with Crippen molar-refractivity contribution < 1.29 is 13.6 Å². The zero-order valence-electron chi connectivity index (χ0n) is 10.9. The minimum atomic E-state index is -0.936. The third kappa shape index (κ3) is 3.49. The minimum absolute atomic E-state index is 0.126. The topological polar surface area (TPSA) is 67.2 Å². The van der Waals surface area contributed by atoms with E-state index in [0.717, 1.165) is 17.0 Å². The summed E-state index contributed by atoms with van der Waals surface area (Å²) in [5.41, 5.74) is 1.30. The van der Waals surface area contributed by atoms with Crippen molar-refractivity contribution in [3.8, 4) is 0 Å². The molecule has 4 nitrogen and oxygen atoms in total. The van der Waals surface area contributed by atoms with Crippen molar-refractivity contribution in [2.45, 2.75) is 13.0 Å². The van der Waals surface area contributed by atoms with E-state index in [9.17, 15) is 13.6 Å². The molecule has 0 aliphatic carbocycles. The molecular formula is C13H12ClF2N3OS. The van der Waals surface area contributed by atoms with Gasteiger partial charge in [-0.1, -0.05) is 11.6 Å². The van der Waals surface area contributed by atoms with E-state index in [-0.39, 0.29) is 11.6 Å². The summed E-state index contributed by atoms with van der Waals surface area (Å²) in [5.74, 6) is 2.53. The van der Waals surface area contributed by atoms with Gasteiger partial charge in [0, 0.05) is 10.4 Å². The lowest BCUT2D eigenvalue weighted by Gasteiger charge is -2.13. The van der Waals surface area contributed by atoms with Crippen LogP contribution >= 0.6 is 22.9 Å². The lowest BCUT2D eigenvalue weighted by Crippen LogP contribution is -2.26. The first kappa shape index (κ1) is 15.7. The molecule has 2 rings (SSSR count). The van der Waals surface area contributed by atoms with E-state index in [1.54, 1.807) is 19.1 Å². The molecule has 0 aliphatic rings. The summed E-state index contributed by atoms with van der Waals surface area (Å²) in [6, 6.07) is 5.00. The highest BCUT2D eigenvalue weighted by Gasteiger charge is 2.17. The first-order valence-corrected chi connectivity index (χ1v) is 7.13. The number of halogens is 3. The van der Waals surface area contributed by atoms with Gasteiger partial charge in [0.15, 0.2) is 11.6 Å². The number of nitrogens with two attached hydrogens (primary N) is 1. The molecule has 0 bridgehead atoms. The van der Waals surface area contributed by atoms with Crippen LogP contribution in [0, 0.1) is 11.6 Å². The Bertz CT molecular complexity index is 654. The van der Waals surface area contributed by atoms with E-state index < -0.39 is 23.2 Å². The van der Waals surface area contributed by atoms with Gasteiger partial charge in [0.25, 0.3) is 5.91 Å². The third-order valence-electron chi connectivity index (χ3n) is 2.82. The van der Waals surface area contributed by atoms with Crippen molar-refractivity contribution in [1.29, 1.82) is 0 Å². The van der Waals surface area contributed by atoms with E-state index >= 15 is 0 Å². The number of hydrogen-bond donors (Lipinski definition) is 3. The van der Waals surface area contributed by atoms with Crippen LogP contribution in [0.3, 0.4) is 0 Å². The number of hydrogen-bond acceptors (Lipinski definition) is 4. The largest absolute Gasteiger partial charge is 0.345 e. The van der Waals surface area contributed by atoms with Gasteiger partial charge < -0.3 is 10.7 Å². The van der Waals surface area contributed by atoms with E-state index in [1.807, 2.05) is 5.43 Å². The number of anilines is 1. The fraction of sp³-hybridized carbons (Fsp3) is 0.154. The molecule has 2 aromatic rings. The van der Waals surface area contributed by atoms with Crippen LogP contribution in [0.5, 0.6) is 0 Å². The predicted molar refractivity (Wildman–Crippen MR) is 79.4 cm³/mol. The number of carbonyl (C=O) groups is 1. The molecule has 0 fully saturated rings. The first-order chi connectivity index (χ1) is 9.92. The van der Waals surface area contributed by atoms with Crippen LogP contribution < -0.4 is 16.6 Å². The number of carbonyl (C=O) groups excluding carboxylic acids is 1. The Balaban J connectivity index is 2.17. The molecule has 112 valence electrons. The standard InChI is InChI=1S/C13H12ClF2N3OS/c1-6(10-2-3-11(14)21-10)18-13(20)7-4-8(15)12(19-17)9(16)5-7/h2-6,19H,17H2,1H3,(H,18,20). The number of benzene rings is 1. The summed E-state index contributed by atoms with van der Waals surface area (Å²) in [6.07, 6.45) is 0. The van der Waals surface area contributed by atoms with Crippen molar-refractivity contribution in [2.75, 3.05) is 5.43 Å². The van der Waals surface area contributed by atoms with E-state index in [4.69, 9.17) is 17.4 Å². The number of hydrazine groups is 1. The molecule has 1 heterocycles. The van der Waals surface area contributed by atoms with Crippen molar-refractivity contribution in [3.05, 3.63) is 50.7 Å². The SMILES string of the molecule is CC(NC(=O)c1cc(F)c(NN)c(F)c1)c1ccc(Cl)s1. The fourth-order valence-corrected chi connectivity index (χ4v) is 2.82. The second kappa shape index (κ2) is 6.38. The van der Waals surface area contributed by atoms with Crippen LogP contribution in [0.2, 0.25) is 4.34 Å². The van der Waals surface area contributed by atoms with Crippen LogP contribution in [0.1, 0.15) is 28.2 Å². The number of nitrogen functional groups attached to an aromatic ring is 1. The van der Waals surface area contributed by atoms with Gasteiger partial charge in [-0.15, -0.1) is 11.3 Å². The smallest absolute Gasteiger partial charge is 0.251 e. The van der Waals surface area contributed by atoms with Crippen LogP contribution in [-0.4, -0.2) is 5.91 Å². The molecule has 0 radical (unpaired) electrons. The number of amides is 1. The highest BCUT2D eigenvalue weighted by Crippen LogP contribution is 2.27. The predicted octanol–water partition coefficient (Wildman–Crippen LogP) is 3.46. The van der Waals surface area contributed by atoms with Crippen molar-refractivity contribution in [1.82, 2.24) is 5.32 Å². The Kier molecular flexibility index (Phi) is 4.76. The average molecular weight is 332 g/mol. The first-order valence-electron chi connectivity index (χ1n) is 5.94. The van der Waals surface area contributed by atoms with Gasteiger partial charge in [-0.3, -0.25) is 10.6 Å². The summed E-state index contributed by atoms with van der Waals surface area (Å²) in [5, 5.41) is 2.65. The Labute approximate surface area is 128 Å². The van der Waals surface area contributed by atoms with E-state index in [2.05, 4.69) is 5.32 Å². The van der Waals surface area contributed by atoms with E-state index in [0.29, 0.717) is 4.34 Å². The molecule has 1 amide bonds. The molecule has 0 saturated heterocycles. The Morgan fingerprint density at radius 3 is 2.43 bits per heavy atom. The van der Waals surface area contributed by atoms with Crippen LogP contribution in [0.25, 0.3) is 0 Å². The fourth-order valence-electron chi connectivity index (χ4n) is 1.75. The lowest BCUT2D eigenvalue weighted by atomic mass is 10.1. The summed E-state index contributed by atoms with van der Waals surface area (Å²) in [6.45, 7) is 1.75. The quantitative estimate of drug-likeness (QED) is 0.593. The maximum atomic E-state index is 13.6. The van der Waals surface area contributed by atoms with Crippen LogP contribution in [-0.2, 0) is 0 Å². The van der Waals surface area contributed by atoms with Crippen molar-refractivity contribution >= 4 is 34.5 Å². The molecule has 1 aromatic carbocycles. The molecule has 1 aromatic heterocycles. The minimum Gasteiger partial charge on any atom is -0.345 e. The Morgan fingerprint density at radius 2 is 1.95 bits per heavy atom. The average Bonchev–Trinajstić information content (AvgIpc) is 2.85. The summed E-state index contributed by atoms with van der Waals surface area (Å²) < 4.78 is 27.7. The van der Waals surface area contributed by atoms with Gasteiger partial charge in [0.1, 0.15) is 5.69 Å².